The molecule has 0 spiro atoms. The lowest BCUT2D eigenvalue weighted by Crippen LogP contribution is -2.15. The summed E-state index contributed by atoms with van der Waals surface area (Å²) >= 11 is 0. The minimum Gasteiger partial charge on any atom is -0.497 e. The zero-order valence-corrected chi connectivity index (χ0v) is 10.1. The van der Waals surface area contributed by atoms with Crippen LogP contribution in [0.4, 0.5) is 0 Å². The third-order valence-corrected chi connectivity index (χ3v) is 2.63. The number of carbonyl (C=O) groups is 1. The van der Waals surface area contributed by atoms with E-state index in [1.807, 2.05) is 36.4 Å². The normalized spacial score (nSPS) is 10.1. The molecule has 4 nitrogen and oxygen atoms in total. The first-order valence-electron chi connectivity index (χ1n) is 5.57. The SMILES string of the molecule is COc1ccc(-c2cccnc2CC(N)=O)cc1. The van der Waals surface area contributed by atoms with Gasteiger partial charge >= 0.3 is 0 Å². The fraction of sp³-hybridized carbons (Fsp3) is 0.143. The maximum absolute atomic E-state index is 11.0. The minimum absolute atomic E-state index is 0.141. The van der Waals surface area contributed by atoms with Crippen LogP contribution in [0.25, 0.3) is 11.1 Å². The van der Waals surface area contributed by atoms with Gasteiger partial charge in [0.1, 0.15) is 5.75 Å². The average molecular weight is 242 g/mol. The van der Waals surface area contributed by atoms with E-state index in [0.29, 0.717) is 5.69 Å². The lowest BCUT2D eigenvalue weighted by atomic mass is 10.0. The Balaban J connectivity index is 2.39. The topological polar surface area (TPSA) is 65.2 Å². The molecule has 0 bridgehead atoms. The van der Waals surface area contributed by atoms with Crippen molar-refractivity contribution in [2.75, 3.05) is 7.11 Å². The van der Waals surface area contributed by atoms with E-state index < -0.39 is 0 Å². The third kappa shape index (κ3) is 2.66. The Hall–Kier alpha value is -2.36. The minimum atomic E-state index is -0.386. The van der Waals surface area contributed by atoms with Gasteiger partial charge in [-0.05, 0) is 23.8 Å². The Morgan fingerprint density at radius 3 is 2.61 bits per heavy atom. The van der Waals surface area contributed by atoms with Crippen molar-refractivity contribution in [3.63, 3.8) is 0 Å². The largest absolute Gasteiger partial charge is 0.497 e. The highest BCUT2D eigenvalue weighted by atomic mass is 16.5. The Bertz CT molecular complexity index is 550. The number of aromatic nitrogens is 1. The van der Waals surface area contributed by atoms with E-state index in [1.54, 1.807) is 13.3 Å². The molecule has 1 amide bonds. The van der Waals surface area contributed by atoms with Gasteiger partial charge in [-0.3, -0.25) is 9.78 Å². The van der Waals surface area contributed by atoms with Gasteiger partial charge in [0.05, 0.1) is 19.2 Å². The lowest BCUT2D eigenvalue weighted by Gasteiger charge is -2.08. The molecule has 92 valence electrons. The number of nitrogens with two attached hydrogens (primary N) is 1. The number of benzene rings is 1. The van der Waals surface area contributed by atoms with Gasteiger partial charge in [0.15, 0.2) is 0 Å². The number of primary amides is 1. The van der Waals surface area contributed by atoms with Crippen LogP contribution in [0, 0.1) is 0 Å². The van der Waals surface area contributed by atoms with Gasteiger partial charge in [-0.25, -0.2) is 0 Å². The van der Waals surface area contributed by atoms with Crippen LogP contribution >= 0.6 is 0 Å². The summed E-state index contributed by atoms with van der Waals surface area (Å²) in [7, 11) is 1.62. The summed E-state index contributed by atoms with van der Waals surface area (Å²) in [6.07, 6.45) is 1.80. The number of pyridine rings is 1. The fourth-order valence-electron chi connectivity index (χ4n) is 1.78. The summed E-state index contributed by atoms with van der Waals surface area (Å²) in [5.74, 6) is 0.405. The smallest absolute Gasteiger partial charge is 0.223 e. The van der Waals surface area contributed by atoms with Crippen LogP contribution in [-0.2, 0) is 11.2 Å². The highest BCUT2D eigenvalue weighted by Crippen LogP contribution is 2.24. The highest BCUT2D eigenvalue weighted by Gasteiger charge is 2.08. The van der Waals surface area contributed by atoms with Crippen molar-refractivity contribution in [3.05, 3.63) is 48.3 Å². The van der Waals surface area contributed by atoms with E-state index >= 15 is 0 Å². The third-order valence-electron chi connectivity index (χ3n) is 2.63. The molecule has 1 aromatic heterocycles. The maximum atomic E-state index is 11.0. The van der Waals surface area contributed by atoms with Crippen molar-refractivity contribution >= 4 is 5.91 Å². The molecule has 0 radical (unpaired) electrons. The number of rotatable bonds is 4. The second kappa shape index (κ2) is 5.31. The maximum Gasteiger partial charge on any atom is 0.223 e. The molecule has 18 heavy (non-hydrogen) atoms. The van der Waals surface area contributed by atoms with Gasteiger partial charge in [-0.15, -0.1) is 0 Å². The molecule has 2 aromatic rings. The van der Waals surface area contributed by atoms with Gasteiger partial charge in [-0.2, -0.15) is 0 Å². The van der Waals surface area contributed by atoms with E-state index in [-0.39, 0.29) is 12.3 Å². The molecule has 0 unspecified atom stereocenters. The molecule has 1 heterocycles. The molecular formula is C14H14N2O2. The molecule has 1 aromatic carbocycles. The van der Waals surface area contributed by atoms with E-state index in [0.717, 1.165) is 16.9 Å². The Labute approximate surface area is 105 Å². The van der Waals surface area contributed by atoms with E-state index in [1.165, 1.54) is 0 Å². The predicted octanol–water partition coefficient (Wildman–Crippen LogP) is 1.78. The number of hydrogen-bond donors (Lipinski definition) is 1. The molecule has 0 saturated carbocycles. The first-order chi connectivity index (χ1) is 8.70. The van der Waals surface area contributed by atoms with Gasteiger partial charge in [0.2, 0.25) is 5.91 Å². The fourth-order valence-corrected chi connectivity index (χ4v) is 1.78. The monoisotopic (exact) mass is 242 g/mol. The standard InChI is InChI=1S/C14H14N2O2/c1-18-11-6-4-10(5-7-11)12-3-2-8-16-13(12)9-14(15)17/h2-8H,9H2,1H3,(H2,15,17). The summed E-state index contributed by atoms with van der Waals surface area (Å²) in [6, 6.07) is 11.4. The molecule has 0 aliphatic heterocycles. The number of hydrogen-bond acceptors (Lipinski definition) is 3. The van der Waals surface area contributed by atoms with Crippen molar-refractivity contribution in [2.24, 2.45) is 5.73 Å². The molecule has 2 rings (SSSR count). The zero-order chi connectivity index (χ0) is 13.0. The average Bonchev–Trinajstić information content (AvgIpc) is 2.39. The Morgan fingerprint density at radius 1 is 1.28 bits per heavy atom. The van der Waals surface area contributed by atoms with Crippen LogP contribution in [-0.4, -0.2) is 18.0 Å². The molecule has 0 atom stereocenters. The first kappa shape index (κ1) is 12.1. The summed E-state index contributed by atoms with van der Waals surface area (Å²) in [5.41, 5.74) is 7.81. The molecule has 0 saturated heterocycles. The summed E-state index contributed by atoms with van der Waals surface area (Å²) < 4.78 is 5.11. The van der Waals surface area contributed by atoms with Gasteiger partial charge < -0.3 is 10.5 Å². The van der Waals surface area contributed by atoms with E-state index in [9.17, 15) is 4.79 Å². The van der Waals surface area contributed by atoms with E-state index in [4.69, 9.17) is 10.5 Å². The quantitative estimate of drug-likeness (QED) is 0.888. The number of methoxy groups -OCH3 is 1. The van der Waals surface area contributed by atoms with Crippen molar-refractivity contribution < 1.29 is 9.53 Å². The second-order valence-electron chi connectivity index (χ2n) is 3.87. The number of nitrogens with zero attached hydrogens (tertiary/aromatic N) is 1. The summed E-state index contributed by atoms with van der Waals surface area (Å²) in [5, 5.41) is 0. The van der Waals surface area contributed by atoms with Gasteiger partial charge in [0.25, 0.3) is 0 Å². The zero-order valence-electron chi connectivity index (χ0n) is 10.1. The number of carbonyl (C=O) groups excluding carboxylic acids is 1. The van der Waals surface area contributed by atoms with Gasteiger partial charge in [-0.1, -0.05) is 18.2 Å². The molecule has 0 aliphatic rings. The molecule has 4 heteroatoms. The number of ether oxygens (including phenoxy) is 1. The van der Waals surface area contributed by atoms with Crippen molar-refractivity contribution in [1.29, 1.82) is 0 Å². The predicted molar refractivity (Wildman–Crippen MR) is 69.1 cm³/mol. The first-order valence-corrected chi connectivity index (χ1v) is 5.57. The van der Waals surface area contributed by atoms with Crippen LogP contribution in [0.1, 0.15) is 5.69 Å². The number of amides is 1. The lowest BCUT2D eigenvalue weighted by molar-refractivity contribution is -0.117. The van der Waals surface area contributed by atoms with E-state index in [2.05, 4.69) is 4.98 Å². The molecule has 2 N–H and O–H groups in total. The summed E-state index contributed by atoms with van der Waals surface area (Å²) in [4.78, 5) is 15.2. The van der Waals surface area contributed by atoms with Crippen molar-refractivity contribution in [1.82, 2.24) is 4.98 Å². The Kier molecular flexibility index (Phi) is 3.57. The highest BCUT2D eigenvalue weighted by molar-refractivity contribution is 5.79. The summed E-state index contributed by atoms with van der Waals surface area (Å²) in [6.45, 7) is 0. The van der Waals surface area contributed by atoms with Crippen LogP contribution < -0.4 is 10.5 Å². The van der Waals surface area contributed by atoms with Crippen molar-refractivity contribution in [2.45, 2.75) is 6.42 Å². The molecule has 0 aliphatic carbocycles. The van der Waals surface area contributed by atoms with Crippen molar-refractivity contribution in [3.8, 4) is 16.9 Å². The van der Waals surface area contributed by atoms with Crippen LogP contribution in [0.15, 0.2) is 42.6 Å². The molecule has 0 fully saturated rings. The van der Waals surface area contributed by atoms with Gasteiger partial charge in [0, 0.05) is 11.8 Å². The van der Waals surface area contributed by atoms with Crippen LogP contribution in [0.2, 0.25) is 0 Å². The molecular weight excluding hydrogens is 228 g/mol. The second-order valence-corrected chi connectivity index (χ2v) is 3.87. The van der Waals surface area contributed by atoms with Crippen LogP contribution in [0.3, 0.4) is 0 Å². The Morgan fingerprint density at radius 2 is 2.00 bits per heavy atom. The van der Waals surface area contributed by atoms with Crippen LogP contribution in [0.5, 0.6) is 5.75 Å².